The maximum atomic E-state index is 13.9. The first-order valence-electron chi connectivity index (χ1n) is 8.02. The van der Waals surface area contributed by atoms with E-state index < -0.39 is 5.82 Å². The van der Waals surface area contributed by atoms with Gasteiger partial charge in [-0.25, -0.2) is 9.37 Å². The molecule has 1 fully saturated rings. The van der Waals surface area contributed by atoms with Crippen LogP contribution in [0.5, 0.6) is 0 Å². The molecular weight excluding hydrogens is 307 g/mol. The first-order chi connectivity index (χ1) is 11.5. The highest BCUT2D eigenvalue weighted by atomic mass is 19.1. The molecule has 3 rings (SSSR count). The van der Waals surface area contributed by atoms with Crippen molar-refractivity contribution in [1.29, 1.82) is 5.26 Å². The van der Waals surface area contributed by atoms with Gasteiger partial charge >= 0.3 is 0 Å². The van der Waals surface area contributed by atoms with Gasteiger partial charge in [0.25, 0.3) is 5.56 Å². The molecular formula is C18H19FN4O. The molecule has 0 atom stereocenters. The summed E-state index contributed by atoms with van der Waals surface area (Å²) in [6.07, 6.45) is 5.04. The molecule has 0 spiro atoms. The van der Waals surface area contributed by atoms with Crippen molar-refractivity contribution in [3.8, 4) is 17.3 Å². The lowest BCUT2D eigenvalue weighted by Gasteiger charge is -2.25. The Kier molecular flexibility index (Phi) is 4.45. The van der Waals surface area contributed by atoms with Gasteiger partial charge in [0.2, 0.25) is 0 Å². The third-order valence-electron chi connectivity index (χ3n) is 4.64. The van der Waals surface area contributed by atoms with E-state index >= 15 is 0 Å². The van der Waals surface area contributed by atoms with Gasteiger partial charge in [-0.05, 0) is 37.8 Å². The number of nitriles is 1. The van der Waals surface area contributed by atoms with Gasteiger partial charge in [0.1, 0.15) is 17.6 Å². The third-order valence-corrected chi connectivity index (χ3v) is 4.64. The zero-order valence-electron chi connectivity index (χ0n) is 13.5. The maximum absolute atomic E-state index is 13.9. The number of benzene rings is 1. The van der Waals surface area contributed by atoms with E-state index in [1.54, 1.807) is 25.4 Å². The molecule has 0 unspecified atom stereocenters. The quantitative estimate of drug-likeness (QED) is 0.918. The average Bonchev–Trinajstić information content (AvgIpc) is 2.58. The number of halogens is 1. The van der Waals surface area contributed by atoms with Gasteiger partial charge in [-0.3, -0.25) is 4.79 Å². The monoisotopic (exact) mass is 326 g/mol. The molecule has 1 saturated carbocycles. The second-order valence-corrected chi connectivity index (χ2v) is 6.35. The molecule has 24 heavy (non-hydrogen) atoms. The topological polar surface area (TPSA) is 84.7 Å². The average molecular weight is 326 g/mol. The van der Waals surface area contributed by atoms with Crippen molar-refractivity contribution in [1.82, 2.24) is 9.55 Å². The molecule has 1 aliphatic rings. The van der Waals surface area contributed by atoms with Gasteiger partial charge in [0.15, 0.2) is 0 Å². The van der Waals surface area contributed by atoms with Gasteiger partial charge in [-0.2, -0.15) is 5.26 Å². The second kappa shape index (κ2) is 6.54. The smallest absolute Gasteiger partial charge is 0.272 e. The molecule has 6 heteroatoms. The molecule has 5 nitrogen and oxygen atoms in total. The summed E-state index contributed by atoms with van der Waals surface area (Å²) in [6.45, 7) is 0. The minimum atomic E-state index is -0.587. The normalized spacial score (nSPS) is 20.6. The molecule has 1 aromatic heterocycles. The highest BCUT2D eigenvalue weighted by molar-refractivity contribution is 5.60. The van der Waals surface area contributed by atoms with Gasteiger partial charge in [-0.15, -0.1) is 0 Å². The Morgan fingerprint density at radius 2 is 2.04 bits per heavy atom. The minimum absolute atomic E-state index is 0.00920. The van der Waals surface area contributed by atoms with Crippen LogP contribution in [0.3, 0.4) is 0 Å². The lowest BCUT2D eigenvalue weighted by molar-refractivity contribution is 0.387. The van der Waals surface area contributed by atoms with Crippen molar-refractivity contribution in [2.75, 3.05) is 0 Å². The van der Waals surface area contributed by atoms with Crippen LogP contribution in [-0.4, -0.2) is 15.6 Å². The highest BCUT2D eigenvalue weighted by Gasteiger charge is 2.24. The van der Waals surface area contributed by atoms with E-state index in [1.807, 2.05) is 0 Å². The van der Waals surface area contributed by atoms with Crippen LogP contribution >= 0.6 is 0 Å². The van der Waals surface area contributed by atoms with Gasteiger partial charge in [0.05, 0.1) is 11.3 Å². The van der Waals surface area contributed by atoms with E-state index in [4.69, 9.17) is 11.0 Å². The molecule has 1 heterocycles. The Hall–Kier alpha value is -2.52. The Morgan fingerprint density at radius 3 is 2.67 bits per heavy atom. The summed E-state index contributed by atoms with van der Waals surface area (Å²) in [5, 5.41) is 8.83. The fourth-order valence-corrected chi connectivity index (χ4v) is 3.19. The lowest BCUT2D eigenvalue weighted by atomic mass is 9.84. The van der Waals surface area contributed by atoms with Crippen LogP contribution in [-0.2, 0) is 7.05 Å². The van der Waals surface area contributed by atoms with E-state index in [0.29, 0.717) is 17.0 Å². The Morgan fingerprint density at radius 1 is 1.33 bits per heavy atom. The van der Waals surface area contributed by atoms with Crippen LogP contribution in [0.15, 0.2) is 29.2 Å². The number of rotatable bonds is 2. The van der Waals surface area contributed by atoms with Crippen LogP contribution in [0.4, 0.5) is 4.39 Å². The second-order valence-electron chi connectivity index (χ2n) is 6.35. The number of hydrogen-bond donors (Lipinski definition) is 1. The van der Waals surface area contributed by atoms with Crippen molar-refractivity contribution in [2.24, 2.45) is 12.8 Å². The van der Waals surface area contributed by atoms with E-state index in [0.717, 1.165) is 25.7 Å². The summed E-state index contributed by atoms with van der Waals surface area (Å²) in [6, 6.07) is 6.35. The van der Waals surface area contributed by atoms with Crippen LogP contribution in [0.1, 0.15) is 42.9 Å². The highest BCUT2D eigenvalue weighted by Crippen LogP contribution is 2.30. The molecule has 2 aromatic rings. The summed E-state index contributed by atoms with van der Waals surface area (Å²) in [7, 11) is 1.67. The fourth-order valence-electron chi connectivity index (χ4n) is 3.19. The predicted molar refractivity (Wildman–Crippen MR) is 88.8 cm³/mol. The number of aromatic nitrogens is 2. The summed E-state index contributed by atoms with van der Waals surface area (Å²) in [5.74, 6) is -0.498. The number of hydrogen-bond acceptors (Lipinski definition) is 4. The molecule has 1 aromatic carbocycles. The summed E-state index contributed by atoms with van der Waals surface area (Å²) in [4.78, 5) is 17.0. The van der Waals surface area contributed by atoms with E-state index in [1.165, 1.54) is 16.7 Å². The van der Waals surface area contributed by atoms with Gasteiger partial charge in [0, 0.05) is 30.8 Å². The molecule has 0 saturated heterocycles. The first-order valence-corrected chi connectivity index (χ1v) is 8.02. The Bertz CT molecular complexity index is 860. The van der Waals surface area contributed by atoms with Crippen LogP contribution in [0.25, 0.3) is 11.3 Å². The lowest BCUT2D eigenvalue weighted by Crippen LogP contribution is -2.31. The summed E-state index contributed by atoms with van der Waals surface area (Å²) in [5.41, 5.74) is 7.41. The fraction of sp³-hybridized carbons (Fsp3) is 0.389. The number of nitrogens with zero attached hydrogens (tertiary/aromatic N) is 3. The molecule has 124 valence electrons. The molecule has 0 amide bonds. The predicted octanol–water partition coefficient (Wildman–Crippen LogP) is 2.44. The molecule has 0 bridgehead atoms. The van der Waals surface area contributed by atoms with Crippen molar-refractivity contribution >= 4 is 0 Å². The minimum Gasteiger partial charge on any atom is -0.328 e. The van der Waals surface area contributed by atoms with Crippen molar-refractivity contribution < 1.29 is 4.39 Å². The van der Waals surface area contributed by atoms with Crippen LogP contribution in [0.2, 0.25) is 0 Å². The maximum Gasteiger partial charge on any atom is 0.272 e. The van der Waals surface area contributed by atoms with Crippen molar-refractivity contribution in [3.63, 3.8) is 0 Å². The molecule has 0 radical (unpaired) electrons. The Balaban J connectivity index is 2.03. The zero-order chi connectivity index (χ0) is 17.3. The van der Waals surface area contributed by atoms with E-state index in [2.05, 4.69) is 4.98 Å². The molecule has 1 aliphatic carbocycles. The summed E-state index contributed by atoms with van der Waals surface area (Å²) >= 11 is 0. The van der Waals surface area contributed by atoms with E-state index in [-0.39, 0.29) is 23.1 Å². The number of nitrogens with two attached hydrogens (primary N) is 1. The van der Waals surface area contributed by atoms with Gasteiger partial charge < -0.3 is 10.3 Å². The largest absolute Gasteiger partial charge is 0.328 e. The van der Waals surface area contributed by atoms with E-state index in [9.17, 15) is 9.18 Å². The standard InChI is InChI=1S/C18H19FN4O/c1-23-10-16(12-2-3-13(9-20)15(19)8-12)22-17(18(23)24)11-4-6-14(21)7-5-11/h2-3,8,10-11,14H,4-7,21H2,1H3. The van der Waals surface area contributed by atoms with Crippen LogP contribution in [0, 0.1) is 17.1 Å². The molecule has 0 aliphatic heterocycles. The Labute approximate surface area is 139 Å². The number of aryl methyl sites for hydroxylation is 1. The van der Waals surface area contributed by atoms with Crippen molar-refractivity contribution in [2.45, 2.75) is 37.6 Å². The summed E-state index contributed by atoms with van der Waals surface area (Å²) < 4.78 is 15.4. The molecule has 2 N–H and O–H groups in total. The van der Waals surface area contributed by atoms with Crippen LogP contribution < -0.4 is 11.3 Å². The SMILES string of the molecule is Cn1cc(-c2ccc(C#N)c(F)c2)nc(C2CCC(N)CC2)c1=O. The third kappa shape index (κ3) is 3.08. The van der Waals surface area contributed by atoms with Crippen molar-refractivity contribution in [3.05, 3.63) is 51.8 Å². The van der Waals surface area contributed by atoms with Gasteiger partial charge in [-0.1, -0.05) is 6.07 Å². The first kappa shape index (κ1) is 16.3. The zero-order valence-corrected chi connectivity index (χ0v) is 13.5.